The summed E-state index contributed by atoms with van der Waals surface area (Å²) >= 11 is 0. The van der Waals surface area contributed by atoms with E-state index in [1.54, 1.807) is 19.1 Å². The van der Waals surface area contributed by atoms with Crippen LogP contribution < -0.4 is 5.73 Å². The van der Waals surface area contributed by atoms with E-state index >= 15 is 0 Å². The standard InChI is InChI=1S/C12H10FN3O/c1-7-10(11(14)17)6-15-12(16-7)8-3-2-4-9(13)5-8/h2-6H,1H3,(H2,14,17). The van der Waals surface area contributed by atoms with E-state index in [0.717, 1.165) is 0 Å². The van der Waals surface area contributed by atoms with Gasteiger partial charge in [-0.25, -0.2) is 14.4 Å². The van der Waals surface area contributed by atoms with Crippen LogP contribution in [-0.2, 0) is 0 Å². The molecule has 0 aliphatic rings. The summed E-state index contributed by atoms with van der Waals surface area (Å²) in [5.74, 6) is -0.567. The number of primary amides is 1. The first-order valence-electron chi connectivity index (χ1n) is 4.97. The van der Waals surface area contributed by atoms with Crippen LogP contribution in [0.15, 0.2) is 30.5 Å². The van der Waals surface area contributed by atoms with Crippen molar-refractivity contribution in [3.05, 3.63) is 47.5 Å². The highest BCUT2D eigenvalue weighted by atomic mass is 19.1. The van der Waals surface area contributed by atoms with Gasteiger partial charge < -0.3 is 5.73 Å². The summed E-state index contributed by atoms with van der Waals surface area (Å²) in [6.07, 6.45) is 1.35. The smallest absolute Gasteiger partial charge is 0.252 e. The van der Waals surface area contributed by atoms with Gasteiger partial charge in [0.15, 0.2) is 5.82 Å². The van der Waals surface area contributed by atoms with Crippen molar-refractivity contribution in [2.75, 3.05) is 0 Å². The molecule has 0 spiro atoms. The lowest BCUT2D eigenvalue weighted by Gasteiger charge is -2.04. The summed E-state index contributed by atoms with van der Waals surface area (Å²) in [5, 5.41) is 0. The Hall–Kier alpha value is -2.30. The Bertz CT molecular complexity index is 584. The van der Waals surface area contributed by atoms with Crippen LogP contribution in [-0.4, -0.2) is 15.9 Å². The van der Waals surface area contributed by atoms with Gasteiger partial charge in [-0.15, -0.1) is 0 Å². The number of benzene rings is 1. The summed E-state index contributed by atoms with van der Waals surface area (Å²) in [4.78, 5) is 19.1. The Morgan fingerprint density at radius 3 is 2.76 bits per heavy atom. The molecule has 0 fully saturated rings. The van der Waals surface area contributed by atoms with E-state index < -0.39 is 5.91 Å². The highest BCUT2D eigenvalue weighted by molar-refractivity contribution is 5.93. The van der Waals surface area contributed by atoms with Gasteiger partial charge in [-0.05, 0) is 19.1 Å². The van der Waals surface area contributed by atoms with Crippen LogP contribution in [0.3, 0.4) is 0 Å². The van der Waals surface area contributed by atoms with E-state index in [1.807, 2.05) is 0 Å². The van der Waals surface area contributed by atoms with Gasteiger partial charge in [0, 0.05) is 11.8 Å². The predicted molar refractivity (Wildman–Crippen MR) is 60.7 cm³/mol. The van der Waals surface area contributed by atoms with Gasteiger partial charge >= 0.3 is 0 Å². The second-order valence-corrected chi connectivity index (χ2v) is 3.57. The Labute approximate surface area is 97.3 Å². The van der Waals surface area contributed by atoms with E-state index in [-0.39, 0.29) is 11.4 Å². The summed E-state index contributed by atoms with van der Waals surface area (Å²) in [6.45, 7) is 1.66. The van der Waals surface area contributed by atoms with Gasteiger partial charge in [0.25, 0.3) is 5.91 Å². The molecule has 0 bridgehead atoms. The number of carbonyl (C=O) groups is 1. The first-order chi connectivity index (χ1) is 8.08. The molecule has 2 aromatic rings. The minimum Gasteiger partial charge on any atom is -0.365 e. The van der Waals surface area contributed by atoms with Gasteiger partial charge in [-0.3, -0.25) is 4.79 Å². The first-order valence-corrected chi connectivity index (χ1v) is 4.97. The van der Waals surface area contributed by atoms with E-state index in [1.165, 1.54) is 18.3 Å². The number of hydrogen-bond donors (Lipinski definition) is 1. The van der Waals surface area contributed by atoms with Crippen LogP contribution in [0, 0.1) is 12.7 Å². The maximum atomic E-state index is 13.0. The van der Waals surface area contributed by atoms with Crippen molar-refractivity contribution >= 4 is 5.91 Å². The third kappa shape index (κ3) is 2.28. The van der Waals surface area contributed by atoms with E-state index in [4.69, 9.17) is 5.73 Å². The number of hydrogen-bond acceptors (Lipinski definition) is 3. The number of rotatable bonds is 2. The van der Waals surface area contributed by atoms with Crippen LogP contribution in [0.25, 0.3) is 11.4 Å². The Kier molecular flexibility index (Phi) is 2.82. The van der Waals surface area contributed by atoms with Crippen LogP contribution in [0.2, 0.25) is 0 Å². The Morgan fingerprint density at radius 1 is 1.41 bits per heavy atom. The molecular weight excluding hydrogens is 221 g/mol. The highest BCUT2D eigenvalue weighted by Gasteiger charge is 2.09. The van der Waals surface area contributed by atoms with E-state index in [9.17, 15) is 9.18 Å². The van der Waals surface area contributed by atoms with Crippen molar-refractivity contribution in [3.8, 4) is 11.4 Å². The van der Waals surface area contributed by atoms with Crippen molar-refractivity contribution in [3.63, 3.8) is 0 Å². The molecule has 2 rings (SSSR count). The molecule has 0 atom stereocenters. The average molecular weight is 231 g/mol. The van der Waals surface area contributed by atoms with Crippen LogP contribution in [0.4, 0.5) is 4.39 Å². The average Bonchev–Trinajstić information content (AvgIpc) is 2.28. The van der Waals surface area contributed by atoms with Gasteiger partial charge in [-0.1, -0.05) is 12.1 Å². The zero-order valence-electron chi connectivity index (χ0n) is 9.14. The largest absolute Gasteiger partial charge is 0.365 e. The molecule has 5 heteroatoms. The first kappa shape index (κ1) is 11.2. The molecule has 2 N–H and O–H groups in total. The number of aromatic nitrogens is 2. The maximum Gasteiger partial charge on any atom is 0.252 e. The van der Waals surface area contributed by atoms with Crippen molar-refractivity contribution in [1.29, 1.82) is 0 Å². The number of nitrogens with two attached hydrogens (primary N) is 1. The fourth-order valence-corrected chi connectivity index (χ4v) is 1.48. The summed E-state index contributed by atoms with van der Waals surface area (Å²) in [5.41, 5.74) is 6.46. The Balaban J connectivity index is 2.48. The highest BCUT2D eigenvalue weighted by Crippen LogP contribution is 2.16. The van der Waals surface area contributed by atoms with Gasteiger partial charge in [0.2, 0.25) is 0 Å². The predicted octanol–water partition coefficient (Wildman–Crippen LogP) is 1.69. The van der Waals surface area contributed by atoms with Crippen LogP contribution in [0.5, 0.6) is 0 Å². The Morgan fingerprint density at radius 2 is 2.18 bits per heavy atom. The lowest BCUT2D eigenvalue weighted by atomic mass is 10.2. The van der Waals surface area contributed by atoms with E-state index in [2.05, 4.69) is 9.97 Å². The molecule has 0 unspecified atom stereocenters. The van der Waals surface area contributed by atoms with E-state index in [0.29, 0.717) is 17.1 Å². The molecule has 0 saturated heterocycles. The quantitative estimate of drug-likeness (QED) is 0.855. The molecule has 86 valence electrons. The number of carbonyl (C=O) groups excluding carboxylic acids is 1. The number of nitrogens with zero attached hydrogens (tertiary/aromatic N) is 2. The van der Waals surface area contributed by atoms with Crippen LogP contribution in [0.1, 0.15) is 16.1 Å². The number of aryl methyl sites for hydroxylation is 1. The number of amides is 1. The molecule has 4 nitrogen and oxygen atoms in total. The van der Waals surface area contributed by atoms with Gasteiger partial charge in [0.1, 0.15) is 5.82 Å². The molecule has 1 heterocycles. The molecule has 1 aromatic heterocycles. The fourth-order valence-electron chi connectivity index (χ4n) is 1.48. The maximum absolute atomic E-state index is 13.0. The summed E-state index contributed by atoms with van der Waals surface area (Å²) in [6, 6.07) is 5.94. The molecule has 0 aliphatic heterocycles. The van der Waals surface area contributed by atoms with Crippen molar-refractivity contribution in [2.24, 2.45) is 5.73 Å². The monoisotopic (exact) mass is 231 g/mol. The lowest BCUT2D eigenvalue weighted by molar-refractivity contribution is 0.0999. The summed E-state index contributed by atoms with van der Waals surface area (Å²) < 4.78 is 13.0. The lowest BCUT2D eigenvalue weighted by Crippen LogP contribution is -2.14. The minimum atomic E-state index is -0.576. The molecule has 17 heavy (non-hydrogen) atoms. The van der Waals surface area contributed by atoms with Gasteiger partial charge in [0.05, 0.1) is 11.3 Å². The molecule has 0 radical (unpaired) electrons. The minimum absolute atomic E-state index is 0.269. The van der Waals surface area contributed by atoms with Crippen molar-refractivity contribution in [2.45, 2.75) is 6.92 Å². The third-order valence-corrected chi connectivity index (χ3v) is 2.33. The zero-order chi connectivity index (χ0) is 12.4. The molecular formula is C12H10FN3O. The molecule has 0 aliphatic carbocycles. The fraction of sp³-hybridized carbons (Fsp3) is 0.0833. The topological polar surface area (TPSA) is 68.9 Å². The molecule has 1 amide bonds. The molecule has 0 saturated carbocycles. The summed E-state index contributed by atoms with van der Waals surface area (Å²) in [7, 11) is 0. The second kappa shape index (κ2) is 4.29. The van der Waals surface area contributed by atoms with Crippen LogP contribution >= 0.6 is 0 Å². The SMILES string of the molecule is Cc1nc(-c2cccc(F)c2)ncc1C(N)=O. The van der Waals surface area contributed by atoms with Gasteiger partial charge in [-0.2, -0.15) is 0 Å². The normalized spacial score (nSPS) is 10.2. The zero-order valence-corrected chi connectivity index (χ0v) is 9.14. The van der Waals surface area contributed by atoms with Crippen molar-refractivity contribution in [1.82, 2.24) is 9.97 Å². The van der Waals surface area contributed by atoms with Crippen molar-refractivity contribution < 1.29 is 9.18 Å². The number of halogens is 1. The second-order valence-electron chi connectivity index (χ2n) is 3.57. The molecule has 1 aromatic carbocycles. The third-order valence-electron chi connectivity index (χ3n) is 2.33.